The molecular formula is C11H11NO6. The molecule has 18 heavy (non-hydrogen) atoms. The van der Waals surface area contributed by atoms with Gasteiger partial charge in [0.25, 0.3) is 5.91 Å². The Morgan fingerprint density at radius 1 is 1.22 bits per heavy atom. The van der Waals surface area contributed by atoms with Gasteiger partial charge in [-0.2, -0.15) is 0 Å². The van der Waals surface area contributed by atoms with Crippen LogP contribution in [0.25, 0.3) is 0 Å². The van der Waals surface area contributed by atoms with E-state index in [9.17, 15) is 14.4 Å². The fourth-order valence-corrected chi connectivity index (χ4v) is 1.26. The number of rotatable bonds is 5. The van der Waals surface area contributed by atoms with Gasteiger partial charge >= 0.3 is 11.9 Å². The highest BCUT2D eigenvalue weighted by Gasteiger charge is 2.23. The third kappa shape index (κ3) is 3.78. The number of hydrogen-bond acceptors (Lipinski definition) is 4. The highest BCUT2D eigenvalue weighted by molar-refractivity contribution is 5.97. The molecule has 96 valence electrons. The SMILES string of the molecule is O=C(O)CC(NC(=O)c1cccc(O)c1)C(=O)O. The predicted octanol–water partition coefficient (Wildman–Crippen LogP) is 0.0499. The molecule has 0 heterocycles. The lowest BCUT2D eigenvalue weighted by Gasteiger charge is -2.12. The molecule has 1 atom stereocenters. The molecule has 0 aliphatic carbocycles. The van der Waals surface area contributed by atoms with Crippen LogP contribution in [0.1, 0.15) is 16.8 Å². The quantitative estimate of drug-likeness (QED) is 0.587. The lowest BCUT2D eigenvalue weighted by molar-refractivity contribution is -0.145. The number of carbonyl (C=O) groups is 3. The summed E-state index contributed by atoms with van der Waals surface area (Å²) in [6, 6.07) is 3.77. The number of carboxylic acids is 2. The molecule has 7 nitrogen and oxygen atoms in total. The fourth-order valence-electron chi connectivity index (χ4n) is 1.26. The van der Waals surface area contributed by atoms with Crippen LogP contribution in [-0.4, -0.2) is 39.2 Å². The molecular weight excluding hydrogens is 242 g/mol. The Hall–Kier alpha value is -2.57. The molecule has 0 fully saturated rings. The number of aliphatic carboxylic acids is 2. The van der Waals surface area contributed by atoms with Gasteiger partial charge in [-0.25, -0.2) is 4.79 Å². The van der Waals surface area contributed by atoms with Crippen molar-refractivity contribution >= 4 is 17.8 Å². The second kappa shape index (κ2) is 5.67. The van der Waals surface area contributed by atoms with Crippen molar-refractivity contribution in [3.8, 4) is 5.75 Å². The molecule has 1 aromatic rings. The van der Waals surface area contributed by atoms with Crippen molar-refractivity contribution < 1.29 is 29.7 Å². The maximum Gasteiger partial charge on any atom is 0.326 e. The van der Waals surface area contributed by atoms with Gasteiger partial charge in [0.1, 0.15) is 11.8 Å². The number of benzene rings is 1. The maximum absolute atomic E-state index is 11.6. The van der Waals surface area contributed by atoms with E-state index < -0.39 is 30.3 Å². The fraction of sp³-hybridized carbons (Fsp3) is 0.182. The zero-order chi connectivity index (χ0) is 13.7. The molecule has 0 aromatic heterocycles. The van der Waals surface area contributed by atoms with Gasteiger partial charge in [-0.1, -0.05) is 6.07 Å². The van der Waals surface area contributed by atoms with Crippen molar-refractivity contribution in [2.45, 2.75) is 12.5 Å². The lowest BCUT2D eigenvalue weighted by atomic mass is 10.1. The average molecular weight is 253 g/mol. The molecule has 0 spiro atoms. The largest absolute Gasteiger partial charge is 0.508 e. The lowest BCUT2D eigenvalue weighted by Crippen LogP contribution is -2.42. The minimum absolute atomic E-state index is 0.0478. The Morgan fingerprint density at radius 3 is 2.39 bits per heavy atom. The van der Waals surface area contributed by atoms with Gasteiger partial charge in [0.05, 0.1) is 6.42 Å². The van der Waals surface area contributed by atoms with Gasteiger partial charge in [0, 0.05) is 5.56 Å². The molecule has 0 aliphatic rings. The van der Waals surface area contributed by atoms with E-state index in [1.54, 1.807) is 0 Å². The number of nitrogens with one attached hydrogen (secondary N) is 1. The highest BCUT2D eigenvalue weighted by Crippen LogP contribution is 2.11. The first kappa shape index (κ1) is 13.5. The van der Waals surface area contributed by atoms with Crippen LogP contribution in [0.4, 0.5) is 0 Å². The van der Waals surface area contributed by atoms with Crippen LogP contribution >= 0.6 is 0 Å². The van der Waals surface area contributed by atoms with Gasteiger partial charge < -0.3 is 20.6 Å². The van der Waals surface area contributed by atoms with Crippen molar-refractivity contribution in [1.82, 2.24) is 5.32 Å². The van der Waals surface area contributed by atoms with E-state index in [-0.39, 0.29) is 11.3 Å². The molecule has 7 heteroatoms. The topological polar surface area (TPSA) is 124 Å². The minimum Gasteiger partial charge on any atom is -0.508 e. The monoisotopic (exact) mass is 253 g/mol. The van der Waals surface area contributed by atoms with Crippen LogP contribution in [0.2, 0.25) is 0 Å². The third-order valence-corrected chi connectivity index (χ3v) is 2.09. The number of phenols is 1. The average Bonchev–Trinajstić information content (AvgIpc) is 2.27. The summed E-state index contributed by atoms with van der Waals surface area (Å²) in [5, 5.41) is 28.5. The van der Waals surface area contributed by atoms with E-state index in [1.165, 1.54) is 18.2 Å². The van der Waals surface area contributed by atoms with Gasteiger partial charge in [-0.05, 0) is 18.2 Å². The molecule has 0 saturated carbocycles. The zero-order valence-electron chi connectivity index (χ0n) is 9.16. The van der Waals surface area contributed by atoms with Crippen molar-refractivity contribution in [3.05, 3.63) is 29.8 Å². The summed E-state index contributed by atoms with van der Waals surface area (Å²) in [7, 11) is 0. The van der Waals surface area contributed by atoms with E-state index >= 15 is 0 Å². The van der Waals surface area contributed by atoms with Gasteiger partial charge in [0.2, 0.25) is 0 Å². The number of hydrogen-bond donors (Lipinski definition) is 4. The van der Waals surface area contributed by atoms with Crippen LogP contribution in [-0.2, 0) is 9.59 Å². The normalized spacial score (nSPS) is 11.6. The number of amides is 1. The summed E-state index contributed by atoms with van der Waals surface area (Å²) in [6.07, 6.45) is -0.722. The van der Waals surface area contributed by atoms with Crippen LogP contribution < -0.4 is 5.32 Å². The Balaban J connectivity index is 2.78. The second-order valence-electron chi connectivity index (χ2n) is 3.51. The summed E-state index contributed by atoms with van der Waals surface area (Å²) < 4.78 is 0. The van der Waals surface area contributed by atoms with Gasteiger partial charge in [-0.15, -0.1) is 0 Å². The summed E-state index contributed by atoms with van der Waals surface area (Å²) in [4.78, 5) is 32.8. The Kier molecular flexibility index (Phi) is 4.25. The summed E-state index contributed by atoms with van der Waals surface area (Å²) in [6.45, 7) is 0. The molecule has 0 aliphatic heterocycles. The molecule has 1 unspecified atom stereocenters. The Labute approximate surface area is 102 Å². The van der Waals surface area contributed by atoms with Gasteiger partial charge in [-0.3, -0.25) is 9.59 Å². The van der Waals surface area contributed by atoms with Crippen molar-refractivity contribution in [3.63, 3.8) is 0 Å². The van der Waals surface area contributed by atoms with Crippen molar-refractivity contribution in [1.29, 1.82) is 0 Å². The van der Waals surface area contributed by atoms with Crippen LogP contribution in [0.15, 0.2) is 24.3 Å². The molecule has 0 bridgehead atoms. The van der Waals surface area contributed by atoms with Crippen LogP contribution in [0.5, 0.6) is 5.75 Å². The van der Waals surface area contributed by atoms with E-state index in [2.05, 4.69) is 5.32 Å². The van der Waals surface area contributed by atoms with Gasteiger partial charge in [0.15, 0.2) is 0 Å². The first-order valence-electron chi connectivity index (χ1n) is 4.94. The zero-order valence-corrected chi connectivity index (χ0v) is 9.16. The van der Waals surface area contributed by atoms with Crippen LogP contribution in [0, 0.1) is 0 Å². The van der Waals surface area contributed by atoms with E-state index in [0.717, 1.165) is 6.07 Å². The number of carboxylic acid groups (broad SMARTS) is 2. The number of phenolic OH excluding ortho intramolecular Hbond substituents is 1. The van der Waals surface area contributed by atoms with Crippen molar-refractivity contribution in [2.75, 3.05) is 0 Å². The predicted molar refractivity (Wildman–Crippen MR) is 59.2 cm³/mol. The molecule has 0 saturated heterocycles. The molecule has 1 rings (SSSR count). The maximum atomic E-state index is 11.6. The second-order valence-corrected chi connectivity index (χ2v) is 3.51. The standard InChI is InChI=1S/C11H11NO6/c13-7-3-1-2-6(4-7)10(16)12-8(11(17)18)5-9(14)15/h1-4,8,13H,5H2,(H,12,16)(H,14,15)(H,17,18). The number of carbonyl (C=O) groups excluding carboxylic acids is 1. The Bertz CT molecular complexity index is 484. The number of aromatic hydroxyl groups is 1. The summed E-state index contributed by atoms with van der Waals surface area (Å²) in [5.74, 6) is -3.68. The van der Waals surface area contributed by atoms with Crippen LogP contribution in [0.3, 0.4) is 0 Å². The highest BCUT2D eigenvalue weighted by atomic mass is 16.4. The molecule has 0 radical (unpaired) electrons. The Morgan fingerprint density at radius 2 is 1.89 bits per heavy atom. The molecule has 1 amide bonds. The summed E-state index contributed by atoms with van der Waals surface area (Å²) in [5.41, 5.74) is 0.0478. The van der Waals surface area contributed by atoms with E-state index in [1.807, 2.05) is 0 Å². The first-order chi connectivity index (χ1) is 8.40. The van der Waals surface area contributed by atoms with E-state index in [0.29, 0.717) is 0 Å². The smallest absolute Gasteiger partial charge is 0.326 e. The first-order valence-corrected chi connectivity index (χ1v) is 4.94. The van der Waals surface area contributed by atoms with E-state index in [4.69, 9.17) is 15.3 Å². The van der Waals surface area contributed by atoms with Crippen molar-refractivity contribution in [2.24, 2.45) is 0 Å². The summed E-state index contributed by atoms with van der Waals surface area (Å²) >= 11 is 0. The molecule has 4 N–H and O–H groups in total. The minimum atomic E-state index is -1.52. The molecule has 1 aromatic carbocycles. The third-order valence-electron chi connectivity index (χ3n) is 2.09.